The van der Waals surface area contributed by atoms with E-state index < -0.39 is 5.97 Å². The Morgan fingerprint density at radius 1 is 1.03 bits per heavy atom. The van der Waals surface area contributed by atoms with E-state index in [-0.39, 0.29) is 28.8 Å². The van der Waals surface area contributed by atoms with Crippen LogP contribution in [0.2, 0.25) is 0 Å². The van der Waals surface area contributed by atoms with Crippen LogP contribution in [0.25, 0.3) is 0 Å². The summed E-state index contributed by atoms with van der Waals surface area (Å²) in [6, 6.07) is 1.76. The van der Waals surface area contributed by atoms with Gasteiger partial charge in [-0.1, -0.05) is 18.8 Å². The molecule has 1 heterocycles. The predicted molar refractivity (Wildman–Crippen MR) is 118 cm³/mol. The van der Waals surface area contributed by atoms with E-state index in [2.05, 4.69) is 18.8 Å². The van der Waals surface area contributed by atoms with Crippen LogP contribution in [0, 0.1) is 29.6 Å². The largest absolute Gasteiger partial charge is 0.477 e. The Bertz CT molecular complexity index is 846. The lowest BCUT2D eigenvalue weighted by molar-refractivity contribution is -0.124. The maximum atomic E-state index is 13.7. The molecule has 0 aromatic carbocycles. The lowest BCUT2D eigenvalue weighted by Gasteiger charge is -2.38. The molecule has 162 valence electrons. The minimum atomic E-state index is -1.000. The summed E-state index contributed by atoms with van der Waals surface area (Å²) in [5, 5.41) is 19.8. The summed E-state index contributed by atoms with van der Waals surface area (Å²) in [4.78, 5) is 28.5. The molecule has 3 aliphatic rings. The van der Waals surface area contributed by atoms with Gasteiger partial charge in [0.1, 0.15) is 4.88 Å². The minimum Gasteiger partial charge on any atom is -0.477 e. The van der Waals surface area contributed by atoms with Gasteiger partial charge in [-0.15, -0.1) is 11.3 Å². The molecular formula is C24H31NO4S. The molecule has 6 heteroatoms. The van der Waals surface area contributed by atoms with Gasteiger partial charge in [-0.3, -0.25) is 4.79 Å². The van der Waals surface area contributed by atoms with Crippen LogP contribution in [0.1, 0.15) is 85.7 Å². The molecule has 0 aliphatic heterocycles. The number of thiophene rings is 1. The Morgan fingerprint density at radius 3 is 2.30 bits per heavy atom. The molecule has 0 spiro atoms. The Hall–Kier alpha value is -1.84. The zero-order valence-electron chi connectivity index (χ0n) is 17.6. The molecule has 1 amide bonds. The van der Waals surface area contributed by atoms with Crippen molar-refractivity contribution < 1.29 is 19.8 Å². The second kappa shape index (κ2) is 9.11. The zero-order valence-corrected chi connectivity index (χ0v) is 18.4. The number of aromatic carboxylic acids is 1. The number of carbonyl (C=O) groups excluding carboxylic acids is 1. The van der Waals surface area contributed by atoms with Crippen LogP contribution < -0.4 is 4.90 Å². The summed E-state index contributed by atoms with van der Waals surface area (Å²) < 4.78 is 0. The second-order valence-electron chi connectivity index (χ2n) is 9.30. The number of carbonyl (C=O) groups is 2. The lowest BCUT2D eigenvalue weighted by atomic mass is 9.81. The van der Waals surface area contributed by atoms with Gasteiger partial charge in [0.15, 0.2) is 0 Å². The molecular weight excluding hydrogens is 398 g/mol. The molecule has 0 bridgehead atoms. The summed E-state index contributed by atoms with van der Waals surface area (Å²) in [7, 11) is 0. The van der Waals surface area contributed by atoms with Gasteiger partial charge in [0, 0.05) is 17.9 Å². The number of rotatable bonds is 4. The third kappa shape index (κ3) is 4.90. The maximum absolute atomic E-state index is 13.7. The van der Waals surface area contributed by atoms with Crippen molar-refractivity contribution in [3.05, 3.63) is 15.8 Å². The van der Waals surface area contributed by atoms with Gasteiger partial charge in [-0.05, 0) is 76.2 Å². The van der Waals surface area contributed by atoms with Crippen LogP contribution in [0.15, 0.2) is 6.07 Å². The van der Waals surface area contributed by atoms with Gasteiger partial charge in [0.2, 0.25) is 5.91 Å². The first-order valence-electron chi connectivity index (χ1n) is 11.3. The molecule has 4 rings (SSSR count). The Kier molecular flexibility index (Phi) is 6.50. The zero-order chi connectivity index (χ0) is 21.3. The summed E-state index contributed by atoms with van der Waals surface area (Å²) >= 11 is 1.18. The number of hydrogen-bond donors (Lipinski definition) is 2. The van der Waals surface area contributed by atoms with E-state index in [4.69, 9.17) is 0 Å². The maximum Gasteiger partial charge on any atom is 0.348 e. The topological polar surface area (TPSA) is 77.8 Å². The molecule has 3 fully saturated rings. The van der Waals surface area contributed by atoms with E-state index in [1.54, 1.807) is 4.90 Å². The molecule has 2 N–H and O–H groups in total. The van der Waals surface area contributed by atoms with Crippen LogP contribution >= 0.6 is 11.3 Å². The van der Waals surface area contributed by atoms with Crippen LogP contribution in [0.4, 0.5) is 5.69 Å². The average molecular weight is 430 g/mol. The number of aliphatic hydroxyl groups is 1. The highest BCUT2D eigenvalue weighted by molar-refractivity contribution is 7.15. The standard InChI is InChI=1S/C24H31NO4S/c1-15-2-7-17(8-3-15)23(27)25(18-9-11-19(26)12-10-18)21-14-20(13-6-16-4-5-16)30-22(21)24(28)29/h14-19,26H,2-5,7-12H2,1H3,(H,28,29). The van der Waals surface area contributed by atoms with E-state index in [1.807, 2.05) is 6.07 Å². The second-order valence-corrected chi connectivity index (χ2v) is 10.4. The number of amides is 1. The number of carboxylic acids is 1. The molecule has 3 aliphatic carbocycles. The van der Waals surface area contributed by atoms with E-state index in [0.29, 0.717) is 43.2 Å². The number of hydrogen-bond acceptors (Lipinski definition) is 4. The van der Waals surface area contributed by atoms with E-state index in [9.17, 15) is 19.8 Å². The summed E-state index contributed by atoms with van der Waals surface area (Å²) in [6.07, 6.45) is 8.44. The van der Waals surface area contributed by atoms with Crippen molar-refractivity contribution in [2.45, 2.75) is 83.3 Å². The number of aliphatic hydroxyl groups excluding tert-OH is 1. The molecule has 0 saturated heterocycles. The van der Waals surface area contributed by atoms with Gasteiger partial charge in [-0.2, -0.15) is 0 Å². The lowest BCUT2D eigenvalue weighted by Crippen LogP contribution is -2.47. The Labute approximate surface area is 182 Å². The van der Waals surface area contributed by atoms with Gasteiger partial charge in [0.25, 0.3) is 0 Å². The molecule has 3 saturated carbocycles. The number of nitrogens with zero attached hydrogens (tertiary/aromatic N) is 1. The van der Waals surface area contributed by atoms with E-state index in [1.165, 1.54) is 11.3 Å². The summed E-state index contributed by atoms with van der Waals surface area (Å²) in [5.41, 5.74) is 0.512. The fourth-order valence-corrected chi connectivity index (χ4v) is 5.54. The molecule has 1 aromatic rings. The fourth-order valence-electron chi connectivity index (χ4n) is 4.69. The third-order valence-electron chi connectivity index (χ3n) is 6.78. The van der Waals surface area contributed by atoms with Crippen LogP contribution in [0.5, 0.6) is 0 Å². The quantitative estimate of drug-likeness (QED) is 0.682. The van der Waals surface area contributed by atoms with Crippen molar-refractivity contribution in [3.63, 3.8) is 0 Å². The Morgan fingerprint density at radius 2 is 1.70 bits per heavy atom. The van der Waals surface area contributed by atoms with Crippen LogP contribution in [0.3, 0.4) is 0 Å². The van der Waals surface area contributed by atoms with Gasteiger partial charge in [0.05, 0.1) is 16.7 Å². The van der Waals surface area contributed by atoms with Gasteiger partial charge < -0.3 is 15.1 Å². The molecule has 1 aromatic heterocycles. The monoisotopic (exact) mass is 429 g/mol. The van der Waals surface area contributed by atoms with Crippen molar-refractivity contribution in [2.24, 2.45) is 17.8 Å². The van der Waals surface area contributed by atoms with E-state index >= 15 is 0 Å². The molecule has 0 radical (unpaired) electrons. The summed E-state index contributed by atoms with van der Waals surface area (Å²) in [6.45, 7) is 2.23. The summed E-state index contributed by atoms with van der Waals surface area (Å²) in [5.74, 6) is 6.44. The normalized spacial score (nSPS) is 29.0. The third-order valence-corrected chi connectivity index (χ3v) is 7.80. The van der Waals surface area contributed by atoms with Crippen molar-refractivity contribution in [1.29, 1.82) is 0 Å². The van der Waals surface area contributed by atoms with Crippen LogP contribution in [-0.2, 0) is 4.79 Å². The average Bonchev–Trinajstić information content (AvgIpc) is 3.47. The van der Waals surface area contributed by atoms with E-state index in [0.717, 1.165) is 43.4 Å². The highest BCUT2D eigenvalue weighted by atomic mass is 32.1. The molecule has 0 atom stereocenters. The number of anilines is 1. The first-order chi connectivity index (χ1) is 14.4. The molecule has 0 unspecified atom stereocenters. The van der Waals surface area contributed by atoms with Crippen molar-refractivity contribution in [3.8, 4) is 11.8 Å². The first kappa shape index (κ1) is 21.4. The minimum absolute atomic E-state index is 0.0457. The SMILES string of the molecule is CC1CCC(C(=O)N(c2cc(C#CC3CC3)sc2C(=O)O)C2CCC(O)CC2)CC1. The highest BCUT2D eigenvalue weighted by Gasteiger charge is 2.37. The van der Waals surface area contributed by atoms with Gasteiger partial charge >= 0.3 is 5.97 Å². The first-order valence-corrected chi connectivity index (χ1v) is 12.1. The van der Waals surface area contributed by atoms with Gasteiger partial charge in [-0.25, -0.2) is 4.79 Å². The fraction of sp³-hybridized carbons (Fsp3) is 0.667. The number of carboxylic acid groups (broad SMARTS) is 1. The molecule has 5 nitrogen and oxygen atoms in total. The predicted octanol–water partition coefficient (Wildman–Crippen LogP) is 4.67. The van der Waals surface area contributed by atoms with Crippen molar-refractivity contribution in [2.75, 3.05) is 4.90 Å². The van der Waals surface area contributed by atoms with Crippen molar-refractivity contribution >= 4 is 28.9 Å². The Balaban J connectivity index is 1.67. The smallest absolute Gasteiger partial charge is 0.348 e. The highest BCUT2D eigenvalue weighted by Crippen LogP contribution is 2.39. The van der Waals surface area contributed by atoms with Crippen LogP contribution in [-0.4, -0.2) is 34.2 Å². The van der Waals surface area contributed by atoms with Crippen molar-refractivity contribution in [1.82, 2.24) is 0 Å². The molecule has 30 heavy (non-hydrogen) atoms.